The van der Waals surface area contributed by atoms with Gasteiger partial charge in [-0.15, -0.1) is 0 Å². The number of halogens is 1. The molecule has 3 fully saturated rings. The highest BCUT2D eigenvalue weighted by molar-refractivity contribution is 9.10. The number of aryl methyl sites for hydroxylation is 2. The van der Waals surface area contributed by atoms with Gasteiger partial charge in [0.15, 0.2) is 5.58 Å². The van der Waals surface area contributed by atoms with Crippen molar-refractivity contribution < 1.29 is 23.3 Å². The molecule has 1 atom stereocenters. The number of carbonyl (C=O) groups excluding carboxylic acids is 2. The summed E-state index contributed by atoms with van der Waals surface area (Å²) in [6, 6.07) is 13.6. The van der Waals surface area contributed by atoms with E-state index in [2.05, 4.69) is 80.6 Å². The van der Waals surface area contributed by atoms with Gasteiger partial charge in [0.05, 0.1) is 33.5 Å². The number of hydrogen-bond acceptors (Lipinski definition) is 15. The molecule has 3 aromatic carbocycles. The maximum atomic E-state index is 13.7. The lowest BCUT2D eigenvalue weighted by atomic mass is 9.99. The fourth-order valence-electron chi connectivity index (χ4n) is 9.94. The van der Waals surface area contributed by atoms with Crippen LogP contribution in [0.3, 0.4) is 0 Å². The largest absolute Gasteiger partial charge is 0.492 e. The number of fused-ring (bicyclic) bond motifs is 2. The molecule has 0 bridgehead atoms. The Morgan fingerprint density at radius 2 is 1.68 bits per heavy atom. The molecule has 3 N–H and O–H groups in total. The lowest BCUT2D eigenvalue weighted by Gasteiger charge is -2.43. The summed E-state index contributed by atoms with van der Waals surface area (Å²) >= 11 is 3.63. The van der Waals surface area contributed by atoms with E-state index in [4.69, 9.17) is 14.1 Å². The van der Waals surface area contributed by atoms with Gasteiger partial charge in [-0.25, -0.2) is 19.7 Å². The Kier molecular flexibility index (Phi) is 14.0. The average molecular weight is 1010 g/mol. The summed E-state index contributed by atoms with van der Waals surface area (Å²) in [4.78, 5) is 63.6. The minimum absolute atomic E-state index is 0.187. The van der Waals surface area contributed by atoms with Gasteiger partial charge >= 0.3 is 5.76 Å². The Morgan fingerprint density at radius 1 is 0.882 bits per heavy atom. The molecule has 0 spiro atoms. The summed E-state index contributed by atoms with van der Waals surface area (Å²) < 4.78 is 27.8. The van der Waals surface area contributed by atoms with Gasteiger partial charge in [0.2, 0.25) is 17.8 Å². The number of oxazole rings is 1. The molecule has 1 unspecified atom stereocenters. The number of piperazine rings is 1. The number of carbonyl (C=O) groups is 2. The second-order valence-electron chi connectivity index (χ2n) is 18.1. The first-order chi connectivity index (χ1) is 32.8. The van der Waals surface area contributed by atoms with Crippen molar-refractivity contribution in [2.75, 3.05) is 81.3 Å². The van der Waals surface area contributed by atoms with Crippen LogP contribution in [0.4, 0.5) is 28.8 Å². The van der Waals surface area contributed by atoms with Crippen molar-refractivity contribution in [2.45, 2.75) is 77.8 Å². The molecule has 3 aromatic heterocycles. The van der Waals surface area contributed by atoms with Crippen LogP contribution in [0.25, 0.3) is 22.0 Å². The number of aromatic nitrogens is 5. The van der Waals surface area contributed by atoms with Crippen LogP contribution in [0.2, 0.25) is 0 Å². The maximum absolute atomic E-state index is 13.7. The Labute approximate surface area is 403 Å². The van der Waals surface area contributed by atoms with Gasteiger partial charge in [-0.05, 0) is 104 Å². The van der Waals surface area contributed by atoms with Gasteiger partial charge < -0.3 is 34.2 Å². The zero-order valence-corrected chi connectivity index (χ0v) is 41.8. The highest BCUT2D eigenvalue weighted by Gasteiger charge is 2.33. The zero-order chi connectivity index (χ0) is 47.7. The van der Waals surface area contributed by atoms with Crippen LogP contribution < -0.4 is 36.6 Å². The number of nitrogens with one attached hydrogen (secondary N) is 3. The predicted molar refractivity (Wildman–Crippen MR) is 270 cm³/mol. The van der Waals surface area contributed by atoms with Crippen molar-refractivity contribution in [1.29, 1.82) is 0 Å². The number of hydrogen-bond donors (Lipinski definition) is 3. The highest BCUT2D eigenvalue weighted by Crippen LogP contribution is 2.42. The molecular weight excluding hydrogens is 949 g/mol. The van der Waals surface area contributed by atoms with Crippen molar-refractivity contribution in [2.24, 2.45) is 0 Å². The van der Waals surface area contributed by atoms with Crippen LogP contribution in [-0.4, -0.2) is 118 Å². The van der Waals surface area contributed by atoms with E-state index in [1.807, 2.05) is 38.1 Å². The molecule has 0 radical (unpaired) electrons. The molecule has 19 heteroatoms. The Hall–Kier alpha value is -5.68. The molecule has 17 nitrogen and oxygen atoms in total. The standard InChI is InChI=1S/C49H59BrN11O6P/c1-6-30-26-37(55-48-52-29-34(50)46(57-48)54-36-13-12-35-33(45(36)68(4,5)65)28-51-42(7-2)53-35)41(66-8-3)27-40(30)60-20-17-32(18-21-60)59-24-22-58(23-25-59)19-16-31-10-9-11-38-44(31)67-49(64)61(38)39-14-15-43(62)56-47(39)63/h9-13,26-29,32,39H,6-8,14-25H2,1-5H3,(H,56,62,63)(H2,52,54,55,57). The molecule has 0 aliphatic carbocycles. The number of para-hydroxylation sites is 1. The van der Waals surface area contributed by atoms with Crippen LogP contribution in [0, 0.1) is 0 Å². The number of nitrogens with zero attached hydrogens (tertiary/aromatic N) is 8. The normalized spacial score (nSPS) is 17.8. The van der Waals surface area contributed by atoms with Gasteiger partial charge in [0.25, 0.3) is 0 Å². The zero-order valence-electron chi connectivity index (χ0n) is 39.3. The number of imide groups is 1. The summed E-state index contributed by atoms with van der Waals surface area (Å²) in [5.41, 5.74) is 6.64. The molecule has 3 saturated heterocycles. The smallest absolute Gasteiger partial charge is 0.420 e. The molecule has 0 saturated carbocycles. The van der Waals surface area contributed by atoms with Crippen LogP contribution in [0.1, 0.15) is 69.4 Å². The summed E-state index contributed by atoms with van der Waals surface area (Å²) in [6.45, 7) is 16.8. The third-order valence-corrected chi connectivity index (χ3v) is 15.6. The Bertz CT molecular complexity index is 2980. The first kappa shape index (κ1) is 47.4. The van der Waals surface area contributed by atoms with Gasteiger partial charge in [-0.2, -0.15) is 4.98 Å². The lowest BCUT2D eigenvalue weighted by Crippen LogP contribution is -2.53. The van der Waals surface area contributed by atoms with Gasteiger partial charge in [0, 0.05) is 99.5 Å². The predicted octanol–water partition coefficient (Wildman–Crippen LogP) is 7.16. The molecule has 6 aromatic rings. The average Bonchev–Trinajstić information content (AvgIpc) is 3.67. The molecule has 9 rings (SSSR count). The SMILES string of the molecule is CCOc1cc(N2CCC(N3CCN(CCc4cccc5c4oc(=O)n5C4CCC(=O)NC4=O)CC3)CC2)c(CC)cc1Nc1ncc(Br)c(Nc2ccc3nc(CC)ncc3c2P(C)(C)=O)n1. The van der Waals surface area contributed by atoms with E-state index in [-0.39, 0.29) is 18.7 Å². The van der Waals surface area contributed by atoms with Crippen LogP contribution in [0.15, 0.2) is 68.5 Å². The van der Waals surface area contributed by atoms with Crippen molar-refractivity contribution in [3.63, 3.8) is 0 Å². The molecule has 6 heterocycles. The summed E-state index contributed by atoms with van der Waals surface area (Å²) in [5.74, 6) is 1.00. The number of anilines is 5. The van der Waals surface area contributed by atoms with Crippen molar-refractivity contribution in [3.8, 4) is 5.75 Å². The number of rotatable bonds is 15. The van der Waals surface area contributed by atoms with E-state index < -0.39 is 24.8 Å². The summed E-state index contributed by atoms with van der Waals surface area (Å²) in [7, 11) is -2.79. The highest BCUT2D eigenvalue weighted by atomic mass is 79.9. The second kappa shape index (κ2) is 20.1. The van der Waals surface area contributed by atoms with Gasteiger partial charge in [-0.3, -0.25) is 24.4 Å². The Morgan fingerprint density at radius 3 is 2.40 bits per heavy atom. The summed E-state index contributed by atoms with van der Waals surface area (Å²) in [6.07, 6.45) is 8.32. The van der Waals surface area contributed by atoms with Gasteiger partial charge in [0.1, 0.15) is 30.6 Å². The molecule has 2 amide bonds. The van der Waals surface area contributed by atoms with Crippen molar-refractivity contribution >= 4 is 91.0 Å². The minimum Gasteiger partial charge on any atom is -0.492 e. The fraction of sp³-hybridized carbons (Fsp3) is 0.449. The van der Waals surface area contributed by atoms with E-state index in [1.165, 1.54) is 15.8 Å². The molecular formula is C49H59BrN11O6P. The first-order valence-corrected chi connectivity index (χ1v) is 27.1. The molecule has 3 aliphatic rings. The van der Waals surface area contributed by atoms with Gasteiger partial charge in [-0.1, -0.05) is 26.0 Å². The van der Waals surface area contributed by atoms with Crippen LogP contribution in [0.5, 0.6) is 5.75 Å². The van der Waals surface area contributed by atoms with Crippen molar-refractivity contribution in [1.82, 2.24) is 39.6 Å². The van der Waals surface area contributed by atoms with E-state index in [9.17, 15) is 18.9 Å². The molecule has 68 heavy (non-hydrogen) atoms. The minimum atomic E-state index is -2.79. The third-order valence-electron chi connectivity index (χ3n) is 13.4. The van der Waals surface area contributed by atoms with E-state index in [0.717, 1.165) is 105 Å². The van der Waals surface area contributed by atoms with Crippen LogP contribution >= 0.6 is 23.1 Å². The second-order valence-corrected chi connectivity index (χ2v) is 22.1. The monoisotopic (exact) mass is 1010 g/mol. The quantitative estimate of drug-likeness (QED) is 0.0693. The molecule has 3 aliphatic heterocycles. The maximum Gasteiger partial charge on any atom is 0.420 e. The number of benzene rings is 3. The van der Waals surface area contributed by atoms with E-state index in [1.54, 1.807) is 31.8 Å². The Balaban J connectivity index is 0.826. The van der Waals surface area contributed by atoms with Crippen LogP contribution in [-0.2, 0) is 33.4 Å². The fourth-order valence-corrected chi connectivity index (χ4v) is 11.7. The molecule has 358 valence electrons. The number of ether oxygens (including phenoxy) is 1. The number of piperidine rings is 2. The third kappa shape index (κ3) is 9.91. The summed E-state index contributed by atoms with van der Waals surface area (Å²) in [5, 5.41) is 10.7. The first-order valence-electron chi connectivity index (χ1n) is 23.7. The van der Waals surface area contributed by atoms with E-state index >= 15 is 0 Å². The topological polar surface area (TPSA) is 193 Å². The number of amides is 2. The lowest BCUT2D eigenvalue weighted by molar-refractivity contribution is -0.135. The van der Waals surface area contributed by atoms with Crippen molar-refractivity contribution in [3.05, 3.63) is 86.8 Å². The van der Waals surface area contributed by atoms with E-state index in [0.29, 0.717) is 57.4 Å².